The normalized spacial score (nSPS) is 23.7. The van der Waals surface area contributed by atoms with Crippen LogP contribution in [-0.2, 0) is 4.74 Å². The highest BCUT2D eigenvalue weighted by atomic mass is 16.5. The van der Waals surface area contributed by atoms with Crippen LogP contribution in [0.5, 0.6) is 0 Å². The van der Waals surface area contributed by atoms with Crippen molar-refractivity contribution in [3.05, 3.63) is 37.1 Å². The minimum absolute atomic E-state index is 0.300. The second-order valence-electron chi connectivity index (χ2n) is 2.74. The van der Waals surface area contributed by atoms with E-state index in [1.54, 1.807) is 12.2 Å². The van der Waals surface area contributed by atoms with E-state index in [2.05, 4.69) is 18.5 Å². The summed E-state index contributed by atoms with van der Waals surface area (Å²) in [5.41, 5.74) is 0. The van der Waals surface area contributed by atoms with Gasteiger partial charge < -0.3 is 10.1 Å². The summed E-state index contributed by atoms with van der Waals surface area (Å²) in [6, 6.07) is 0. The zero-order chi connectivity index (χ0) is 8.81. The van der Waals surface area contributed by atoms with Crippen LogP contribution < -0.4 is 5.32 Å². The van der Waals surface area contributed by atoms with E-state index in [4.69, 9.17) is 4.74 Å². The molecule has 1 saturated heterocycles. The average molecular weight is 165 g/mol. The monoisotopic (exact) mass is 165 g/mol. The smallest absolute Gasteiger partial charge is 0.119 e. The number of ether oxygens (including phenoxy) is 1. The molecule has 0 saturated carbocycles. The molecule has 2 heteroatoms. The Bertz CT molecular complexity index is 190. The van der Waals surface area contributed by atoms with Gasteiger partial charge in [-0.3, -0.25) is 0 Å². The van der Waals surface area contributed by atoms with Gasteiger partial charge in [-0.1, -0.05) is 19.2 Å². The lowest BCUT2D eigenvalue weighted by molar-refractivity contribution is 0.142. The Labute approximate surface area is 73.6 Å². The number of allylic oxidation sites excluding steroid dienone is 3. The zero-order valence-electron chi connectivity index (χ0n) is 7.25. The van der Waals surface area contributed by atoms with Gasteiger partial charge in [0.05, 0.1) is 0 Å². The van der Waals surface area contributed by atoms with Gasteiger partial charge >= 0.3 is 0 Å². The Balaban J connectivity index is 2.40. The van der Waals surface area contributed by atoms with Crippen LogP contribution >= 0.6 is 0 Å². The Hall–Kier alpha value is -1.02. The average Bonchev–Trinajstić information content (AvgIpc) is 2.56. The highest BCUT2D eigenvalue weighted by Gasteiger charge is 2.15. The van der Waals surface area contributed by atoms with E-state index in [-0.39, 0.29) is 0 Å². The predicted molar refractivity (Wildman–Crippen MR) is 50.8 cm³/mol. The van der Waals surface area contributed by atoms with Crippen molar-refractivity contribution in [3.63, 3.8) is 0 Å². The van der Waals surface area contributed by atoms with E-state index in [0.29, 0.717) is 6.10 Å². The molecule has 0 aromatic rings. The molecule has 12 heavy (non-hydrogen) atoms. The molecular weight excluding hydrogens is 150 g/mol. The van der Waals surface area contributed by atoms with Crippen molar-refractivity contribution in [1.82, 2.24) is 5.32 Å². The summed E-state index contributed by atoms with van der Waals surface area (Å²) in [6.45, 7) is 9.24. The standard InChI is InChI=1S/C10H15NO/c1-3-5-9(4-2)12-10-6-7-11-8-10/h3-5,10-11H,1-2,6-8H2. The van der Waals surface area contributed by atoms with Crippen LogP contribution in [0.4, 0.5) is 0 Å². The third-order valence-corrected chi connectivity index (χ3v) is 1.80. The first-order chi connectivity index (χ1) is 5.86. The van der Waals surface area contributed by atoms with Gasteiger partial charge in [0.1, 0.15) is 11.9 Å². The number of nitrogens with one attached hydrogen (secondary N) is 1. The van der Waals surface area contributed by atoms with E-state index in [0.717, 1.165) is 25.3 Å². The Kier molecular flexibility index (Phi) is 3.61. The van der Waals surface area contributed by atoms with Crippen molar-refractivity contribution >= 4 is 0 Å². The Morgan fingerprint density at radius 3 is 2.83 bits per heavy atom. The summed E-state index contributed by atoms with van der Waals surface area (Å²) >= 11 is 0. The molecule has 1 unspecified atom stereocenters. The van der Waals surface area contributed by atoms with Gasteiger partial charge in [0, 0.05) is 6.54 Å². The maximum absolute atomic E-state index is 5.61. The van der Waals surface area contributed by atoms with Crippen molar-refractivity contribution < 1.29 is 4.74 Å². The van der Waals surface area contributed by atoms with E-state index >= 15 is 0 Å². The highest BCUT2D eigenvalue weighted by Crippen LogP contribution is 2.09. The Morgan fingerprint density at radius 2 is 2.33 bits per heavy atom. The molecule has 0 amide bonds. The highest BCUT2D eigenvalue weighted by molar-refractivity contribution is 5.15. The zero-order valence-corrected chi connectivity index (χ0v) is 7.25. The van der Waals surface area contributed by atoms with Gasteiger partial charge in [0.15, 0.2) is 0 Å². The largest absolute Gasteiger partial charge is 0.489 e. The first-order valence-electron chi connectivity index (χ1n) is 4.19. The molecule has 1 atom stereocenters. The molecule has 0 aromatic heterocycles. The van der Waals surface area contributed by atoms with Gasteiger partial charge in [0.25, 0.3) is 0 Å². The quantitative estimate of drug-likeness (QED) is 0.505. The fraction of sp³-hybridized carbons (Fsp3) is 0.400. The van der Waals surface area contributed by atoms with E-state index in [1.165, 1.54) is 0 Å². The van der Waals surface area contributed by atoms with Crippen molar-refractivity contribution in [3.8, 4) is 0 Å². The summed E-state index contributed by atoms with van der Waals surface area (Å²) < 4.78 is 5.61. The SMILES string of the molecule is C=CC=C(C=C)OC1CCNC1. The molecule has 0 radical (unpaired) electrons. The molecule has 0 aliphatic carbocycles. The van der Waals surface area contributed by atoms with Crippen LogP contribution in [0.25, 0.3) is 0 Å². The lowest BCUT2D eigenvalue weighted by Gasteiger charge is -2.12. The third-order valence-electron chi connectivity index (χ3n) is 1.80. The number of rotatable bonds is 4. The molecular formula is C10H15NO. The third kappa shape index (κ3) is 2.55. The summed E-state index contributed by atoms with van der Waals surface area (Å²) in [5, 5.41) is 3.23. The molecule has 1 aliphatic rings. The number of hydrogen-bond acceptors (Lipinski definition) is 2. The molecule has 0 bridgehead atoms. The van der Waals surface area contributed by atoms with Gasteiger partial charge in [-0.05, 0) is 25.1 Å². The van der Waals surface area contributed by atoms with Gasteiger partial charge in [0.2, 0.25) is 0 Å². The maximum atomic E-state index is 5.61. The van der Waals surface area contributed by atoms with Crippen LogP contribution in [0.2, 0.25) is 0 Å². The summed E-state index contributed by atoms with van der Waals surface area (Å²) in [6.07, 6.45) is 6.61. The van der Waals surface area contributed by atoms with Gasteiger partial charge in [-0.15, -0.1) is 0 Å². The summed E-state index contributed by atoms with van der Waals surface area (Å²) in [7, 11) is 0. The van der Waals surface area contributed by atoms with Crippen LogP contribution in [0.3, 0.4) is 0 Å². The molecule has 1 heterocycles. The summed E-state index contributed by atoms with van der Waals surface area (Å²) in [4.78, 5) is 0. The minimum Gasteiger partial charge on any atom is -0.489 e. The van der Waals surface area contributed by atoms with Crippen LogP contribution in [-0.4, -0.2) is 19.2 Å². The predicted octanol–water partition coefficient (Wildman–Crippen LogP) is 1.62. The van der Waals surface area contributed by atoms with Crippen molar-refractivity contribution in [2.45, 2.75) is 12.5 Å². The Morgan fingerprint density at radius 1 is 1.50 bits per heavy atom. The summed E-state index contributed by atoms with van der Waals surface area (Å²) in [5.74, 6) is 0.804. The molecule has 0 spiro atoms. The lowest BCUT2D eigenvalue weighted by atomic mass is 10.3. The number of hydrogen-bond donors (Lipinski definition) is 1. The van der Waals surface area contributed by atoms with Crippen molar-refractivity contribution in [2.75, 3.05) is 13.1 Å². The first-order valence-corrected chi connectivity index (χ1v) is 4.19. The molecule has 1 N–H and O–H groups in total. The fourth-order valence-electron chi connectivity index (χ4n) is 1.19. The topological polar surface area (TPSA) is 21.3 Å². The van der Waals surface area contributed by atoms with E-state index in [9.17, 15) is 0 Å². The van der Waals surface area contributed by atoms with Gasteiger partial charge in [-0.25, -0.2) is 0 Å². The van der Waals surface area contributed by atoms with Crippen molar-refractivity contribution in [2.24, 2.45) is 0 Å². The molecule has 2 nitrogen and oxygen atoms in total. The van der Waals surface area contributed by atoms with Crippen molar-refractivity contribution in [1.29, 1.82) is 0 Å². The lowest BCUT2D eigenvalue weighted by Crippen LogP contribution is -2.15. The molecule has 1 fully saturated rings. The minimum atomic E-state index is 0.300. The second kappa shape index (κ2) is 4.78. The maximum Gasteiger partial charge on any atom is 0.119 e. The van der Waals surface area contributed by atoms with Gasteiger partial charge in [-0.2, -0.15) is 0 Å². The molecule has 0 aromatic carbocycles. The van der Waals surface area contributed by atoms with Crippen LogP contribution in [0, 0.1) is 0 Å². The van der Waals surface area contributed by atoms with E-state index < -0.39 is 0 Å². The van der Waals surface area contributed by atoms with Crippen LogP contribution in [0.15, 0.2) is 37.1 Å². The van der Waals surface area contributed by atoms with Crippen LogP contribution in [0.1, 0.15) is 6.42 Å². The molecule has 66 valence electrons. The second-order valence-corrected chi connectivity index (χ2v) is 2.74. The first kappa shape index (κ1) is 9.07. The molecule has 1 rings (SSSR count). The molecule has 1 aliphatic heterocycles. The van der Waals surface area contributed by atoms with E-state index in [1.807, 2.05) is 6.08 Å². The fourth-order valence-corrected chi connectivity index (χ4v) is 1.19.